The summed E-state index contributed by atoms with van der Waals surface area (Å²) in [6.07, 6.45) is 13.0. The van der Waals surface area contributed by atoms with E-state index < -0.39 is 23.3 Å². The summed E-state index contributed by atoms with van der Waals surface area (Å²) in [6.45, 7) is 2.23. The van der Waals surface area contributed by atoms with Gasteiger partial charge in [-0.05, 0) is 43.9 Å². The van der Waals surface area contributed by atoms with Crippen molar-refractivity contribution in [2.24, 2.45) is 0 Å². The zero-order valence-corrected chi connectivity index (χ0v) is 30.0. The molecule has 0 saturated heterocycles. The van der Waals surface area contributed by atoms with Gasteiger partial charge in [0.05, 0.1) is 35.5 Å². The van der Waals surface area contributed by atoms with Gasteiger partial charge in [-0.2, -0.15) is 0 Å². The predicted octanol–water partition coefficient (Wildman–Crippen LogP) is -1.33. The number of benzene rings is 1. The summed E-state index contributed by atoms with van der Waals surface area (Å²) >= 11 is 1.38. The largest absolute Gasteiger partial charge is 1.00 e. The Labute approximate surface area is 293 Å². The van der Waals surface area contributed by atoms with E-state index >= 15 is 0 Å². The molecule has 1 aromatic carbocycles. The van der Waals surface area contributed by atoms with Gasteiger partial charge in [-0.1, -0.05) is 76.7 Å². The van der Waals surface area contributed by atoms with Crippen LogP contribution in [0.4, 0.5) is 0 Å². The van der Waals surface area contributed by atoms with Crippen molar-refractivity contribution in [3.05, 3.63) is 29.8 Å². The third-order valence-electron chi connectivity index (χ3n) is 6.56. The number of nitrogens with zero attached hydrogens (tertiary/aromatic N) is 1. The summed E-state index contributed by atoms with van der Waals surface area (Å²) in [6, 6.07) is 6.84. The van der Waals surface area contributed by atoms with Crippen LogP contribution >= 0.6 is 11.8 Å². The fourth-order valence-corrected chi connectivity index (χ4v) is 5.39. The number of hydrogen-bond acceptors (Lipinski definition) is 8. The molecule has 7 nitrogen and oxygen atoms in total. The number of fused-ring (bicyclic) bond motifs is 1. The third kappa shape index (κ3) is 16.0. The van der Waals surface area contributed by atoms with Crippen molar-refractivity contribution in [1.82, 2.24) is 4.98 Å². The van der Waals surface area contributed by atoms with Crippen LogP contribution in [-0.2, 0) is 4.79 Å². The Kier molecular flexibility index (Phi) is 23.2. The number of thioether (sulfide) groups is 1. The van der Waals surface area contributed by atoms with Crippen molar-refractivity contribution >= 4 is 34.6 Å². The summed E-state index contributed by atoms with van der Waals surface area (Å²) < 4.78 is 5.11. The Morgan fingerprint density at radius 2 is 1.61 bits per heavy atom. The van der Waals surface area contributed by atoms with Crippen molar-refractivity contribution in [3.8, 4) is 17.7 Å². The molecule has 0 aliphatic rings. The Morgan fingerprint density at radius 1 is 0.976 bits per heavy atom. The van der Waals surface area contributed by atoms with Crippen molar-refractivity contribution < 1.29 is 88.8 Å². The standard InChI is InChI=1S/C31H43NO6S.2Na/c1-3-4-5-6-7-8-9-10-11-12-13-14-17-28(27(33)16-15-18-29(34)35)39-24-20-19-23-21-25(31(36)37)30(38-2)32-26(23)22-24;;/h19-22,27-28,33H,3-13,15-16,18H2,1-2H3,(H,34,35)(H,36,37);;/q;2*+1/p-2/t27-,28+;;/m0../s1. The maximum atomic E-state index is 11.4. The van der Waals surface area contributed by atoms with Gasteiger partial charge in [0.15, 0.2) is 0 Å². The first-order valence-corrected chi connectivity index (χ1v) is 15.0. The molecular formula is C31H41NNa2O6S. The van der Waals surface area contributed by atoms with E-state index in [1.165, 1.54) is 76.3 Å². The summed E-state index contributed by atoms with van der Waals surface area (Å²) in [5.41, 5.74) is 0.426. The number of ether oxygens (including phenoxy) is 1. The van der Waals surface area contributed by atoms with Crippen LogP contribution in [0.2, 0.25) is 0 Å². The molecule has 0 aliphatic heterocycles. The number of pyridine rings is 1. The van der Waals surface area contributed by atoms with Crippen LogP contribution in [0.25, 0.3) is 10.9 Å². The number of carbonyl (C=O) groups is 2. The number of methoxy groups -OCH3 is 1. The number of aliphatic hydroxyl groups is 1. The second-order valence-electron chi connectivity index (χ2n) is 9.81. The molecule has 0 fully saturated rings. The second-order valence-corrected chi connectivity index (χ2v) is 11.0. The Bertz CT molecular complexity index is 1120. The molecule has 41 heavy (non-hydrogen) atoms. The molecular weight excluding hydrogens is 560 g/mol. The molecule has 214 valence electrons. The summed E-state index contributed by atoms with van der Waals surface area (Å²) in [4.78, 5) is 27.3. The SMILES string of the molecule is CCCCCCCCCCCCC#C[C@@H](Sc1ccc2cc(C(=O)[O-])c(OC)nc2c1)[C@@H](O)CCCC(=O)[O-].[Na+].[Na+]. The van der Waals surface area contributed by atoms with Gasteiger partial charge in [-0.15, -0.1) is 17.7 Å². The molecule has 1 heterocycles. The van der Waals surface area contributed by atoms with E-state index in [9.17, 15) is 24.9 Å². The van der Waals surface area contributed by atoms with Gasteiger partial charge >= 0.3 is 59.1 Å². The fourth-order valence-electron chi connectivity index (χ4n) is 4.34. The Balaban J connectivity index is 0.00000800. The first kappa shape index (κ1) is 40.2. The third-order valence-corrected chi connectivity index (χ3v) is 7.77. The smallest absolute Gasteiger partial charge is 0.550 e. The quantitative estimate of drug-likeness (QED) is 0.0910. The minimum Gasteiger partial charge on any atom is -0.550 e. The first-order chi connectivity index (χ1) is 18.8. The number of carboxylic acid groups (broad SMARTS) is 2. The Hall–Kier alpha value is -0.760. The molecule has 2 rings (SSSR count). The van der Waals surface area contributed by atoms with E-state index in [4.69, 9.17) is 4.74 Å². The van der Waals surface area contributed by atoms with Crippen LogP contribution in [0.15, 0.2) is 29.2 Å². The Morgan fingerprint density at radius 3 is 2.20 bits per heavy atom. The van der Waals surface area contributed by atoms with Gasteiger partial charge in [-0.3, -0.25) is 0 Å². The van der Waals surface area contributed by atoms with Crippen LogP contribution in [0.5, 0.6) is 5.88 Å². The number of rotatable bonds is 19. The van der Waals surface area contributed by atoms with Crippen molar-refractivity contribution in [1.29, 1.82) is 0 Å². The molecule has 10 heteroatoms. The second kappa shape index (κ2) is 23.7. The number of carboxylic acids is 2. The molecule has 1 aromatic heterocycles. The minimum atomic E-state index is -1.36. The van der Waals surface area contributed by atoms with Gasteiger partial charge in [0.1, 0.15) is 0 Å². The van der Waals surface area contributed by atoms with E-state index in [1.807, 2.05) is 6.07 Å². The van der Waals surface area contributed by atoms with Crippen LogP contribution in [0.1, 0.15) is 107 Å². The number of hydrogen-bond donors (Lipinski definition) is 1. The van der Waals surface area contributed by atoms with E-state index in [-0.39, 0.29) is 77.0 Å². The normalized spacial score (nSPS) is 11.9. The molecule has 0 aliphatic carbocycles. The summed E-state index contributed by atoms with van der Waals surface area (Å²) in [5.74, 6) is 3.89. The van der Waals surface area contributed by atoms with E-state index in [2.05, 4.69) is 23.7 Å². The number of carbonyl (C=O) groups excluding carboxylic acids is 2. The average Bonchev–Trinajstić information content (AvgIpc) is 2.91. The molecule has 0 radical (unpaired) electrons. The number of aromatic carboxylic acids is 1. The number of aromatic nitrogens is 1. The van der Waals surface area contributed by atoms with Crippen molar-refractivity contribution in [3.63, 3.8) is 0 Å². The zero-order valence-electron chi connectivity index (χ0n) is 25.2. The number of aliphatic carboxylic acids is 1. The van der Waals surface area contributed by atoms with Gasteiger partial charge in [0.2, 0.25) is 5.88 Å². The number of aliphatic hydroxyl groups excluding tert-OH is 1. The average molecular weight is 602 g/mol. The summed E-state index contributed by atoms with van der Waals surface area (Å²) in [7, 11) is 1.35. The van der Waals surface area contributed by atoms with Crippen LogP contribution in [-0.4, -0.2) is 40.5 Å². The van der Waals surface area contributed by atoms with E-state index in [1.54, 1.807) is 12.1 Å². The molecule has 0 unspecified atom stereocenters. The first-order valence-electron chi connectivity index (χ1n) is 14.1. The van der Waals surface area contributed by atoms with Crippen LogP contribution in [0.3, 0.4) is 0 Å². The maximum absolute atomic E-state index is 11.4. The monoisotopic (exact) mass is 601 g/mol. The molecule has 2 atom stereocenters. The van der Waals surface area contributed by atoms with Crippen molar-refractivity contribution in [2.75, 3.05) is 7.11 Å². The van der Waals surface area contributed by atoms with Gasteiger partial charge < -0.3 is 29.6 Å². The predicted molar refractivity (Wildman–Crippen MR) is 151 cm³/mol. The van der Waals surface area contributed by atoms with Crippen molar-refractivity contribution in [2.45, 2.75) is 113 Å². The molecule has 0 saturated carbocycles. The van der Waals surface area contributed by atoms with E-state index in [0.717, 1.165) is 24.2 Å². The zero-order chi connectivity index (χ0) is 28.5. The molecule has 0 spiro atoms. The molecule has 0 bridgehead atoms. The van der Waals surface area contributed by atoms with Gasteiger partial charge in [0, 0.05) is 22.7 Å². The van der Waals surface area contributed by atoms with Gasteiger partial charge in [-0.25, -0.2) is 4.98 Å². The fraction of sp³-hybridized carbons (Fsp3) is 0.581. The summed E-state index contributed by atoms with van der Waals surface area (Å²) in [5, 5.41) is 33.2. The topological polar surface area (TPSA) is 123 Å². The van der Waals surface area contributed by atoms with E-state index in [0.29, 0.717) is 23.7 Å². The van der Waals surface area contributed by atoms with Gasteiger partial charge in [0.25, 0.3) is 0 Å². The molecule has 1 N–H and O–H groups in total. The maximum Gasteiger partial charge on any atom is 1.00 e. The molecule has 0 amide bonds. The van der Waals surface area contributed by atoms with Crippen LogP contribution < -0.4 is 74.1 Å². The minimum absolute atomic E-state index is 0. The molecule has 2 aromatic rings. The number of unbranched alkanes of at least 4 members (excludes halogenated alkanes) is 10. The van der Waals surface area contributed by atoms with Crippen LogP contribution in [0, 0.1) is 11.8 Å².